The van der Waals surface area contributed by atoms with Crippen molar-refractivity contribution >= 4 is 24.1 Å². The van der Waals surface area contributed by atoms with E-state index in [1.165, 1.54) is 0 Å². The smallest absolute Gasteiger partial charge is 0.252 e. The van der Waals surface area contributed by atoms with E-state index in [1.807, 2.05) is 6.07 Å². The summed E-state index contributed by atoms with van der Waals surface area (Å²) in [5, 5.41) is 10.8. The van der Waals surface area contributed by atoms with Crippen LogP contribution in [0.3, 0.4) is 0 Å². The predicted molar refractivity (Wildman–Crippen MR) is 94.8 cm³/mol. The molecule has 1 unspecified atom stereocenters. The van der Waals surface area contributed by atoms with E-state index in [1.54, 1.807) is 23.1 Å². The second-order valence-corrected chi connectivity index (χ2v) is 6.12. The van der Waals surface area contributed by atoms with Gasteiger partial charge in [0.1, 0.15) is 5.82 Å². The molecule has 3 heterocycles. The molecule has 1 saturated heterocycles. The van der Waals surface area contributed by atoms with Gasteiger partial charge >= 0.3 is 0 Å². The summed E-state index contributed by atoms with van der Waals surface area (Å²) < 4.78 is 1.59. The van der Waals surface area contributed by atoms with Crippen LogP contribution in [0.5, 0.6) is 0 Å². The topological polar surface area (TPSA) is 84.7 Å². The Balaban J connectivity index is 0.00000208. The number of hydrogen-bond acceptors (Lipinski definition) is 5. The van der Waals surface area contributed by atoms with Crippen LogP contribution in [0.15, 0.2) is 24.5 Å². The second-order valence-electron chi connectivity index (χ2n) is 6.12. The molecule has 7 nitrogen and oxygen atoms in total. The van der Waals surface area contributed by atoms with Crippen LogP contribution < -0.4 is 10.6 Å². The van der Waals surface area contributed by atoms with E-state index < -0.39 is 0 Å². The van der Waals surface area contributed by atoms with Gasteiger partial charge in [-0.3, -0.25) is 4.79 Å². The van der Waals surface area contributed by atoms with Gasteiger partial charge in [-0.2, -0.15) is 9.78 Å². The molecule has 2 aromatic heterocycles. The molecule has 0 spiro atoms. The Labute approximate surface area is 147 Å². The molecule has 1 atom stereocenters. The highest BCUT2D eigenvalue weighted by molar-refractivity contribution is 5.90. The molecule has 0 bridgehead atoms. The molecule has 0 aromatic carbocycles. The van der Waals surface area contributed by atoms with Crippen molar-refractivity contribution in [3.05, 3.63) is 30.2 Å². The lowest BCUT2D eigenvalue weighted by atomic mass is 10.1. The van der Waals surface area contributed by atoms with Crippen LogP contribution in [0, 0.1) is 0 Å². The van der Waals surface area contributed by atoms with Crippen LogP contribution in [0.25, 0.3) is 5.95 Å². The summed E-state index contributed by atoms with van der Waals surface area (Å²) in [5.41, 5.74) is 0.895. The zero-order valence-electron chi connectivity index (χ0n) is 13.9. The summed E-state index contributed by atoms with van der Waals surface area (Å²) >= 11 is 0. The van der Waals surface area contributed by atoms with Gasteiger partial charge in [-0.25, -0.2) is 9.97 Å². The van der Waals surface area contributed by atoms with E-state index in [0.29, 0.717) is 18.2 Å². The minimum Gasteiger partial charge on any atom is -0.313 e. The maximum Gasteiger partial charge on any atom is 0.252 e. The van der Waals surface area contributed by atoms with Gasteiger partial charge in [0, 0.05) is 30.9 Å². The van der Waals surface area contributed by atoms with Crippen LogP contribution in [0.4, 0.5) is 5.82 Å². The minimum atomic E-state index is -0.0169. The fourth-order valence-electron chi connectivity index (χ4n) is 2.67. The van der Waals surface area contributed by atoms with Crippen molar-refractivity contribution in [1.82, 2.24) is 25.1 Å². The van der Waals surface area contributed by atoms with Gasteiger partial charge in [-0.15, -0.1) is 12.4 Å². The van der Waals surface area contributed by atoms with Crippen molar-refractivity contribution in [3.8, 4) is 5.95 Å². The van der Waals surface area contributed by atoms with Crippen LogP contribution in [0.1, 0.15) is 44.7 Å². The highest BCUT2D eigenvalue weighted by Crippen LogP contribution is 2.21. The molecule has 2 N–H and O–H groups in total. The number of aromatic nitrogens is 4. The number of carbonyl (C=O) groups is 1. The van der Waals surface area contributed by atoms with Gasteiger partial charge in [0.15, 0.2) is 0 Å². The van der Waals surface area contributed by atoms with E-state index in [4.69, 9.17) is 0 Å². The maximum absolute atomic E-state index is 12.3. The third-order valence-corrected chi connectivity index (χ3v) is 3.92. The average Bonchev–Trinajstić information content (AvgIpc) is 3.18. The van der Waals surface area contributed by atoms with Crippen molar-refractivity contribution in [1.29, 1.82) is 0 Å². The fraction of sp³-hybridized carbons (Fsp3) is 0.500. The van der Waals surface area contributed by atoms with E-state index in [2.05, 4.69) is 39.5 Å². The summed E-state index contributed by atoms with van der Waals surface area (Å²) in [6, 6.07) is 3.91. The summed E-state index contributed by atoms with van der Waals surface area (Å²) in [6.07, 6.45) is 5.97. The van der Waals surface area contributed by atoms with Gasteiger partial charge in [0.2, 0.25) is 5.91 Å². The molecule has 1 fully saturated rings. The Morgan fingerprint density at radius 2 is 2.17 bits per heavy atom. The molecule has 0 saturated carbocycles. The standard InChI is InChI=1S/C16H22N6O.ClH/c1-11(2)13-10-14(20-15(23)9-12-5-3-6-17-12)22(21-13)16-18-7-4-8-19-16;/h4,7-8,10-12,17H,3,5-6,9H2,1-2H3,(H,20,23);1H. The average molecular weight is 351 g/mol. The van der Waals surface area contributed by atoms with E-state index >= 15 is 0 Å². The van der Waals surface area contributed by atoms with Crippen molar-refractivity contribution in [2.75, 3.05) is 11.9 Å². The van der Waals surface area contributed by atoms with Gasteiger partial charge in [-0.1, -0.05) is 13.8 Å². The molecule has 130 valence electrons. The van der Waals surface area contributed by atoms with Crippen LogP contribution >= 0.6 is 12.4 Å². The number of halogens is 1. The van der Waals surface area contributed by atoms with Gasteiger partial charge in [0.25, 0.3) is 5.95 Å². The van der Waals surface area contributed by atoms with E-state index in [9.17, 15) is 4.79 Å². The summed E-state index contributed by atoms with van der Waals surface area (Å²) in [7, 11) is 0. The minimum absolute atomic E-state index is 0. The lowest BCUT2D eigenvalue weighted by Crippen LogP contribution is -2.28. The highest BCUT2D eigenvalue weighted by atomic mass is 35.5. The normalized spacial score (nSPS) is 16.9. The molecule has 0 radical (unpaired) electrons. The Bertz CT molecular complexity index is 666. The van der Waals surface area contributed by atoms with Crippen molar-refractivity contribution < 1.29 is 4.79 Å². The first-order chi connectivity index (χ1) is 11.1. The quantitative estimate of drug-likeness (QED) is 0.864. The zero-order chi connectivity index (χ0) is 16.2. The Kier molecular flexibility index (Phi) is 6.28. The first-order valence-corrected chi connectivity index (χ1v) is 8.04. The van der Waals surface area contributed by atoms with E-state index in [-0.39, 0.29) is 30.3 Å². The number of hydrogen-bond donors (Lipinski definition) is 2. The third-order valence-electron chi connectivity index (χ3n) is 3.92. The largest absolute Gasteiger partial charge is 0.313 e. The van der Waals surface area contributed by atoms with E-state index in [0.717, 1.165) is 25.1 Å². The number of rotatable bonds is 5. The lowest BCUT2D eigenvalue weighted by molar-refractivity contribution is -0.116. The monoisotopic (exact) mass is 350 g/mol. The van der Waals surface area contributed by atoms with Gasteiger partial charge in [0.05, 0.1) is 5.69 Å². The molecule has 1 aliphatic rings. The van der Waals surface area contributed by atoms with Crippen LogP contribution in [-0.2, 0) is 4.79 Å². The van der Waals surface area contributed by atoms with Crippen molar-refractivity contribution in [2.45, 2.75) is 45.1 Å². The fourth-order valence-corrected chi connectivity index (χ4v) is 2.67. The molecular weight excluding hydrogens is 328 g/mol. The second kappa shape index (κ2) is 8.21. The number of nitrogens with zero attached hydrogens (tertiary/aromatic N) is 4. The Morgan fingerprint density at radius 3 is 2.79 bits per heavy atom. The summed E-state index contributed by atoms with van der Waals surface area (Å²) in [5.74, 6) is 1.31. The van der Waals surface area contributed by atoms with Crippen molar-refractivity contribution in [3.63, 3.8) is 0 Å². The first kappa shape index (κ1) is 18.4. The maximum atomic E-state index is 12.3. The molecule has 24 heavy (non-hydrogen) atoms. The molecule has 0 aliphatic carbocycles. The molecular formula is C16H23ClN6O. The Hall–Kier alpha value is -1.99. The summed E-state index contributed by atoms with van der Waals surface area (Å²) in [6.45, 7) is 5.12. The zero-order valence-corrected chi connectivity index (χ0v) is 14.7. The van der Waals surface area contributed by atoms with Crippen LogP contribution in [-0.4, -0.2) is 38.2 Å². The SMILES string of the molecule is CC(C)c1cc(NC(=O)CC2CCCN2)n(-c2ncccn2)n1.Cl. The highest BCUT2D eigenvalue weighted by Gasteiger charge is 2.20. The number of nitrogens with one attached hydrogen (secondary N) is 2. The lowest BCUT2D eigenvalue weighted by Gasteiger charge is -2.11. The first-order valence-electron chi connectivity index (χ1n) is 8.04. The number of amides is 1. The van der Waals surface area contributed by atoms with Gasteiger partial charge < -0.3 is 10.6 Å². The van der Waals surface area contributed by atoms with Gasteiger partial charge in [-0.05, 0) is 31.4 Å². The van der Waals surface area contributed by atoms with Crippen LogP contribution in [0.2, 0.25) is 0 Å². The molecule has 3 rings (SSSR count). The van der Waals surface area contributed by atoms with Crippen molar-refractivity contribution in [2.24, 2.45) is 0 Å². The number of anilines is 1. The number of carbonyl (C=O) groups excluding carboxylic acids is 1. The Morgan fingerprint density at radius 1 is 1.42 bits per heavy atom. The predicted octanol–water partition coefficient (Wildman–Crippen LogP) is 2.29. The molecule has 2 aromatic rings. The molecule has 1 aliphatic heterocycles. The third kappa shape index (κ3) is 4.30. The molecule has 1 amide bonds. The molecule has 8 heteroatoms. The summed E-state index contributed by atoms with van der Waals surface area (Å²) in [4.78, 5) is 20.7.